The van der Waals surface area contributed by atoms with E-state index >= 15 is 0 Å². The van der Waals surface area contributed by atoms with Crippen LogP contribution in [0, 0.1) is 0 Å². The van der Waals surface area contributed by atoms with Crippen LogP contribution < -0.4 is 5.32 Å². The van der Waals surface area contributed by atoms with Crippen molar-refractivity contribution in [2.75, 3.05) is 18.5 Å². The molecule has 1 saturated heterocycles. The minimum atomic E-state index is 0.440. The van der Waals surface area contributed by atoms with Crippen molar-refractivity contribution in [1.29, 1.82) is 0 Å². The Morgan fingerprint density at radius 2 is 2.31 bits per heavy atom. The molecule has 1 fully saturated rings. The molecule has 4 nitrogen and oxygen atoms in total. The summed E-state index contributed by atoms with van der Waals surface area (Å²) in [7, 11) is 0. The maximum absolute atomic E-state index is 5.55. The molecule has 0 saturated carbocycles. The monoisotopic (exact) mass is 218 g/mol. The predicted molar refractivity (Wildman–Crippen MR) is 61.6 cm³/mol. The van der Waals surface area contributed by atoms with Crippen LogP contribution in [0.4, 0.5) is 5.69 Å². The van der Waals surface area contributed by atoms with E-state index < -0.39 is 0 Å². The molecule has 1 aromatic carbocycles. The number of hydrogen-bond donors (Lipinski definition) is 1. The van der Waals surface area contributed by atoms with Crippen molar-refractivity contribution in [2.45, 2.75) is 19.4 Å². The molecule has 4 heteroatoms. The van der Waals surface area contributed by atoms with Crippen LogP contribution in [0.5, 0.6) is 0 Å². The molecule has 2 aromatic rings. The van der Waals surface area contributed by atoms with Crippen LogP contribution in [-0.2, 0) is 11.2 Å². The Bertz CT molecular complexity index is 503. The zero-order chi connectivity index (χ0) is 11.0. The van der Waals surface area contributed by atoms with Crippen molar-refractivity contribution in [3.05, 3.63) is 24.1 Å². The number of anilines is 1. The third-order valence-electron chi connectivity index (χ3n) is 2.74. The third kappa shape index (κ3) is 1.65. The molecule has 1 N–H and O–H groups in total. The van der Waals surface area contributed by atoms with Gasteiger partial charge in [-0.3, -0.25) is 0 Å². The number of oxazole rings is 1. The number of ether oxygens (including phenoxy) is 1. The summed E-state index contributed by atoms with van der Waals surface area (Å²) < 4.78 is 10.7. The van der Waals surface area contributed by atoms with Gasteiger partial charge >= 0.3 is 0 Å². The van der Waals surface area contributed by atoms with Gasteiger partial charge in [-0.25, -0.2) is 4.98 Å². The van der Waals surface area contributed by atoms with Crippen LogP contribution in [0.25, 0.3) is 11.1 Å². The first-order chi connectivity index (χ1) is 7.85. The second kappa shape index (κ2) is 3.79. The van der Waals surface area contributed by atoms with Crippen molar-refractivity contribution in [2.24, 2.45) is 0 Å². The van der Waals surface area contributed by atoms with Crippen molar-refractivity contribution in [3.8, 4) is 0 Å². The predicted octanol–water partition coefficient (Wildman–Crippen LogP) is 2.20. The summed E-state index contributed by atoms with van der Waals surface area (Å²) >= 11 is 0. The molecule has 0 aliphatic carbocycles. The highest BCUT2D eigenvalue weighted by molar-refractivity contribution is 5.77. The van der Waals surface area contributed by atoms with Gasteiger partial charge in [0.2, 0.25) is 0 Å². The summed E-state index contributed by atoms with van der Waals surface area (Å²) in [6.07, 6.45) is 0.827. The van der Waals surface area contributed by atoms with Crippen LogP contribution in [0.3, 0.4) is 0 Å². The molecular formula is C12H14N2O2. The average molecular weight is 218 g/mol. The van der Waals surface area contributed by atoms with Gasteiger partial charge in [-0.2, -0.15) is 0 Å². The molecule has 3 rings (SSSR count). The van der Waals surface area contributed by atoms with E-state index in [0.29, 0.717) is 6.04 Å². The number of aryl methyl sites for hydroxylation is 1. The Balaban J connectivity index is 1.88. The zero-order valence-electron chi connectivity index (χ0n) is 9.19. The Morgan fingerprint density at radius 1 is 1.44 bits per heavy atom. The van der Waals surface area contributed by atoms with Gasteiger partial charge in [-0.1, -0.05) is 6.92 Å². The molecule has 0 unspecified atom stereocenters. The lowest BCUT2D eigenvalue weighted by Crippen LogP contribution is -2.40. The van der Waals surface area contributed by atoms with Crippen LogP contribution in [0.1, 0.15) is 12.8 Å². The largest absolute Gasteiger partial charge is 0.441 e. The number of aromatic nitrogens is 1. The van der Waals surface area contributed by atoms with Crippen molar-refractivity contribution in [1.82, 2.24) is 4.98 Å². The fourth-order valence-corrected chi connectivity index (χ4v) is 1.77. The highest BCUT2D eigenvalue weighted by Crippen LogP contribution is 2.21. The molecule has 0 spiro atoms. The normalized spacial score (nSPS) is 16.3. The lowest BCUT2D eigenvalue weighted by Gasteiger charge is -2.27. The van der Waals surface area contributed by atoms with E-state index in [4.69, 9.17) is 9.15 Å². The molecule has 2 heterocycles. The molecular weight excluding hydrogens is 204 g/mol. The van der Waals surface area contributed by atoms with Crippen LogP contribution >= 0.6 is 0 Å². The van der Waals surface area contributed by atoms with Gasteiger partial charge < -0.3 is 14.5 Å². The first kappa shape index (κ1) is 9.66. The third-order valence-corrected chi connectivity index (χ3v) is 2.74. The van der Waals surface area contributed by atoms with Gasteiger partial charge in [-0.15, -0.1) is 0 Å². The molecule has 0 amide bonds. The first-order valence-electron chi connectivity index (χ1n) is 5.59. The van der Waals surface area contributed by atoms with E-state index in [1.54, 1.807) is 0 Å². The lowest BCUT2D eigenvalue weighted by molar-refractivity contribution is 0.0211. The number of nitrogens with zero attached hydrogens (tertiary/aromatic N) is 1. The molecule has 16 heavy (non-hydrogen) atoms. The highest BCUT2D eigenvalue weighted by atomic mass is 16.5. The summed E-state index contributed by atoms with van der Waals surface area (Å²) in [5.74, 6) is 0.791. The average Bonchev–Trinajstić information content (AvgIpc) is 2.65. The second-order valence-electron chi connectivity index (χ2n) is 4.02. The fourth-order valence-electron chi connectivity index (χ4n) is 1.77. The highest BCUT2D eigenvalue weighted by Gasteiger charge is 2.17. The standard InChI is InChI=1S/C12H14N2O2/c1-2-12-14-10-5-8(3-4-11(10)16-12)13-9-6-15-7-9/h3-5,9,13H,2,6-7H2,1H3. The van der Waals surface area contributed by atoms with Gasteiger partial charge in [0.1, 0.15) is 5.52 Å². The smallest absolute Gasteiger partial charge is 0.195 e. The van der Waals surface area contributed by atoms with E-state index in [2.05, 4.69) is 10.3 Å². The molecule has 1 aromatic heterocycles. The summed E-state index contributed by atoms with van der Waals surface area (Å²) in [5, 5.41) is 3.39. The topological polar surface area (TPSA) is 47.3 Å². The van der Waals surface area contributed by atoms with Gasteiger partial charge in [0, 0.05) is 12.1 Å². The summed E-state index contributed by atoms with van der Waals surface area (Å²) in [6.45, 7) is 3.61. The molecule has 0 bridgehead atoms. The lowest BCUT2D eigenvalue weighted by atomic mass is 10.2. The quantitative estimate of drug-likeness (QED) is 0.858. The summed E-state index contributed by atoms with van der Waals surface area (Å²) in [6, 6.07) is 6.44. The minimum Gasteiger partial charge on any atom is -0.441 e. The number of hydrogen-bond acceptors (Lipinski definition) is 4. The van der Waals surface area contributed by atoms with Gasteiger partial charge in [0.15, 0.2) is 11.5 Å². The Morgan fingerprint density at radius 3 is 3.00 bits per heavy atom. The number of rotatable bonds is 3. The van der Waals surface area contributed by atoms with E-state index in [1.165, 1.54) is 0 Å². The molecule has 1 aliphatic heterocycles. The Kier molecular flexibility index (Phi) is 2.29. The SMILES string of the molecule is CCc1nc2cc(NC3COC3)ccc2o1. The van der Waals surface area contributed by atoms with Gasteiger partial charge in [0.05, 0.1) is 19.3 Å². The van der Waals surface area contributed by atoms with Crippen molar-refractivity contribution in [3.63, 3.8) is 0 Å². The molecule has 0 radical (unpaired) electrons. The van der Waals surface area contributed by atoms with Crippen molar-refractivity contribution < 1.29 is 9.15 Å². The number of fused-ring (bicyclic) bond motifs is 1. The minimum absolute atomic E-state index is 0.440. The molecule has 0 atom stereocenters. The van der Waals surface area contributed by atoms with Gasteiger partial charge in [0.25, 0.3) is 0 Å². The second-order valence-corrected chi connectivity index (χ2v) is 4.02. The van der Waals surface area contributed by atoms with Crippen LogP contribution in [0.2, 0.25) is 0 Å². The van der Waals surface area contributed by atoms with Crippen LogP contribution in [-0.4, -0.2) is 24.2 Å². The van der Waals surface area contributed by atoms with Gasteiger partial charge in [-0.05, 0) is 18.2 Å². The number of nitrogens with one attached hydrogen (secondary N) is 1. The van der Waals surface area contributed by atoms with Crippen LogP contribution in [0.15, 0.2) is 22.6 Å². The van der Waals surface area contributed by atoms with E-state index in [9.17, 15) is 0 Å². The van der Waals surface area contributed by atoms with E-state index in [0.717, 1.165) is 42.3 Å². The fraction of sp³-hybridized carbons (Fsp3) is 0.417. The first-order valence-corrected chi connectivity index (χ1v) is 5.59. The Hall–Kier alpha value is -1.55. The zero-order valence-corrected chi connectivity index (χ0v) is 9.19. The molecule has 84 valence electrons. The maximum Gasteiger partial charge on any atom is 0.195 e. The Labute approximate surface area is 93.6 Å². The maximum atomic E-state index is 5.55. The van der Waals surface area contributed by atoms with E-state index in [1.807, 2.05) is 25.1 Å². The van der Waals surface area contributed by atoms with E-state index in [-0.39, 0.29) is 0 Å². The number of benzene rings is 1. The summed E-state index contributed by atoms with van der Waals surface area (Å²) in [4.78, 5) is 4.41. The van der Waals surface area contributed by atoms with Crippen molar-refractivity contribution >= 4 is 16.8 Å². The summed E-state index contributed by atoms with van der Waals surface area (Å²) in [5.41, 5.74) is 2.85. The molecule has 1 aliphatic rings.